The van der Waals surface area contributed by atoms with Gasteiger partial charge in [0.15, 0.2) is 11.5 Å². The molecule has 0 radical (unpaired) electrons. The number of amides is 1. The largest absolute Gasteiger partial charge is 0.490 e. The molecule has 110 valence electrons. The summed E-state index contributed by atoms with van der Waals surface area (Å²) in [5.41, 5.74) is 0.800. The van der Waals surface area contributed by atoms with Crippen molar-refractivity contribution in [3.8, 4) is 11.5 Å². The molecule has 0 fully saturated rings. The van der Waals surface area contributed by atoms with Gasteiger partial charge in [0.25, 0.3) is 0 Å². The van der Waals surface area contributed by atoms with Crippen molar-refractivity contribution in [3.05, 3.63) is 23.8 Å². The maximum atomic E-state index is 11.8. The first kappa shape index (κ1) is 14.7. The predicted octanol–water partition coefficient (Wildman–Crippen LogP) is 2.55. The van der Waals surface area contributed by atoms with Crippen LogP contribution in [0, 0.1) is 5.41 Å². The lowest BCUT2D eigenvalue weighted by Crippen LogP contribution is -2.35. The van der Waals surface area contributed by atoms with Crippen molar-refractivity contribution in [3.63, 3.8) is 0 Å². The Labute approximate surface area is 120 Å². The maximum absolute atomic E-state index is 11.8. The quantitative estimate of drug-likeness (QED) is 0.923. The summed E-state index contributed by atoms with van der Waals surface area (Å²) in [5.74, 6) is 1.69. The second kappa shape index (κ2) is 6.16. The highest BCUT2D eigenvalue weighted by Gasteiger charge is 2.20. The molecule has 0 unspecified atom stereocenters. The second-order valence-electron chi connectivity index (χ2n) is 6.09. The average molecular weight is 277 g/mol. The minimum atomic E-state index is -0.343. The lowest BCUT2D eigenvalue weighted by Gasteiger charge is -2.17. The molecule has 20 heavy (non-hydrogen) atoms. The van der Waals surface area contributed by atoms with Gasteiger partial charge in [0.2, 0.25) is 5.91 Å². The molecule has 0 saturated heterocycles. The summed E-state index contributed by atoms with van der Waals surface area (Å²) < 4.78 is 11.3. The van der Waals surface area contributed by atoms with Gasteiger partial charge in [0.1, 0.15) is 0 Å². The normalized spacial score (nSPS) is 14.6. The summed E-state index contributed by atoms with van der Waals surface area (Å²) >= 11 is 0. The van der Waals surface area contributed by atoms with Crippen LogP contribution in [0.25, 0.3) is 0 Å². The Hall–Kier alpha value is -1.71. The number of carbonyl (C=O) groups is 1. The number of carbonyl (C=O) groups excluding carboxylic acids is 1. The van der Waals surface area contributed by atoms with Gasteiger partial charge in [-0.05, 0) is 24.1 Å². The fourth-order valence-corrected chi connectivity index (χ4v) is 1.95. The van der Waals surface area contributed by atoms with E-state index in [0.29, 0.717) is 19.8 Å². The van der Waals surface area contributed by atoms with Crippen LogP contribution in [0.1, 0.15) is 32.8 Å². The highest BCUT2D eigenvalue weighted by Crippen LogP contribution is 2.30. The predicted molar refractivity (Wildman–Crippen MR) is 78.2 cm³/mol. The van der Waals surface area contributed by atoms with E-state index in [9.17, 15) is 4.79 Å². The maximum Gasteiger partial charge on any atom is 0.225 e. The molecule has 1 aromatic rings. The number of fused-ring (bicyclic) bond motifs is 1. The molecule has 1 N–H and O–H groups in total. The molecule has 1 heterocycles. The van der Waals surface area contributed by atoms with Crippen molar-refractivity contribution in [1.82, 2.24) is 5.32 Å². The van der Waals surface area contributed by atoms with Crippen LogP contribution in [0.2, 0.25) is 0 Å². The van der Waals surface area contributed by atoms with E-state index in [4.69, 9.17) is 9.47 Å². The van der Waals surface area contributed by atoms with Gasteiger partial charge in [0, 0.05) is 18.4 Å². The number of benzene rings is 1. The summed E-state index contributed by atoms with van der Waals surface area (Å²) in [6.45, 7) is 7.77. The summed E-state index contributed by atoms with van der Waals surface area (Å²) in [6, 6.07) is 5.97. The Kier molecular flexibility index (Phi) is 4.53. The first-order valence-corrected chi connectivity index (χ1v) is 7.13. The van der Waals surface area contributed by atoms with Crippen LogP contribution in [0.3, 0.4) is 0 Å². The van der Waals surface area contributed by atoms with Gasteiger partial charge in [-0.1, -0.05) is 26.8 Å². The molecule has 0 atom stereocenters. The molecule has 2 rings (SSSR count). The van der Waals surface area contributed by atoms with Gasteiger partial charge in [-0.25, -0.2) is 0 Å². The summed E-state index contributed by atoms with van der Waals surface area (Å²) in [5, 5.41) is 2.95. The fourth-order valence-electron chi connectivity index (χ4n) is 1.95. The number of ether oxygens (including phenoxy) is 2. The molecule has 0 aromatic heterocycles. The third-order valence-electron chi connectivity index (χ3n) is 3.19. The summed E-state index contributed by atoms with van der Waals surface area (Å²) in [7, 11) is 0. The minimum Gasteiger partial charge on any atom is -0.490 e. The number of hydrogen-bond acceptors (Lipinski definition) is 3. The molecule has 1 amide bonds. The molecule has 4 nitrogen and oxygen atoms in total. The second-order valence-corrected chi connectivity index (χ2v) is 6.09. The van der Waals surface area contributed by atoms with E-state index in [0.717, 1.165) is 29.9 Å². The van der Waals surface area contributed by atoms with Gasteiger partial charge in [-0.3, -0.25) is 4.79 Å². The van der Waals surface area contributed by atoms with Crippen LogP contribution in [-0.4, -0.2) is 25.7 Å². The van der Waals surface area contributed by atoms with Crippen molar-refractivity contribution in [2.45, 2.75) is 33.6 Å². The summed E-state index contributed by atoms with van der Waals surface area (Å²) in [4.78, 5) is 11.8. The number of nitrogens with one attached hydrogen (secondary N) is 1. The molecule has 1 aliphatic rings. The zero-order chi connectivity index (χ0) is 14.6. The van der Waals surface area contributed by atoms with Crippen molar-refractivity contribution in [1.29, 1.82) is 0 Å². The smallest absolute Gasteiger partial charge is 0.225 e. The standard InChI is InChI=1S/C16H23NO3/c1-16(2,3)15(18)17-8-7-12-5-6-13-14(11-12)20-10-4-9-19-13/h5-6,11H,4,7-10H2,1-3H3,(H,17,18). The van der Waals surface area contributed by atoms with Crippen molar-refractivity contribution in [2.24, 2.45) is 5.41 Å². The number of rotatable bonds is 3. The lowest BCUT2D eigenvalue weighted by atomic mass is 9.95. The zero-order valence-electron chi connectivity index (χ0n) is 12.5. The van der Waals surface area contributed by atoms with E-state index in [-0.39, 0.29) is 11.3 Å². The average Bonchev–Trinajstić information content (AvgIpc) is 2.62. The van der Waals surface area contributed by atoms with E-state index in [1.54, 1.807) is 0 Å². The molecular formula is C16H23NO3. The van der Waals surface area contributed by atoms with Gasteiger partial charge in [-0.15, -0.1) is 0 Å². The molecule has 4 heteroatoms. The van der Waals surface area contributed by atoms with Crippen LogP contribution in [-0.2, 0) is 11.2 Å². The fraction of sp³-hybridized carbons (Fsp3) is 0.562. The Bertz CT molecular complexity index is 477. The van der Waals surface area contributed by atoms with Gasteiger partial charge in [-0.2, -0.15) is 0 Å². The Morgan fingerprint density at radius 1 is 1.20 bits per heavy atom. The van der Waals surface area contributed by atoms with Crippen molar-refractivity contribution in [2.75, 3.05) is 19.8 Å². The van der Waals surface area contributed by atoms with Crippen molar-refractivity contribution >= 4 is 5.91 Å². The molecule has 1 aromatic carbocycles. The van der Waals surface area contributed by atoms with Crippen LogP contribution >= 0.6 is 0 Å². The molecule has 0 bridgehead atoms. The van der Waals surface area contributed by atoms with Crippen LogP contribution < -0.4 is 14.8 Å². The van der Waals surface area contributed by atoms with E-state index in [1.807, 2.05) is 39.0 Å². The van der Waals surface area contributed by atoms with E-state index in [1.165, 1.54) is 0 Å². The third-order valence-corrected chi connectivity index (χ3v) is 3.19. The Morgan fingerprint density at radius 3 is 2.60 bits per heavy atom. The van der Waals surface area contributed by atoms with Gasteiger partial charge in [0.05, 0.1) is 13.2 Å². The summed E-state index contributed by atoms with van der Waals surface area (Å²) in [6.07, 6.45) is 1.70. The zero-order valence-corrected chi connectivity index (χ0v) is 12.5. The minimum absolute atomic E-state index is 0.0758. The number of hydrogen-bond donors (Lipinski definition) is 1. The SMILES string of the molecule is CC(C)(C)C(=O)NCCc1ccc2c(c1)OCCCO2. The highest BCUT2D eigenvalue weighted by molar-refractivity contribution is 5.81. The van der Waals surface area contributed by atoms with E-state index in [2.05, 4.69) is 5.32 Å². The van der Waals surface area contributed by atoms with Crippen LogP contribution in [0.5, 0.6) is 11.5 Å². The third kappa shape index (κ3) is 3.89. The Morgan fingerprint density at radius 2 is 1.90 bits per heavy atom. The highest BCUT2D eigenvalue weighted by atomic mass is 16.5. The first-order valence-electron chi connectivity index (χ1n) is 7.13. The van der Waals surface area contributed by atoms with Crippen LogP contribution in [0.15, 0.2) is 18.2 Å². The molecule has 0 aliphatic carbocycles. The lowest BCUT2D eigenvalue weighted by molar-refractivity contribution is -0.128. The Balaban J connectivity index is 1.91. The van der Waals surface area contributed by atoms with E-state index >= 15 is 0 Å². The molecular weight excluding hydrogens is 254 g/mol. The molecule has 0 spiro atoms. The van der Waals surface area contributed by atoms with Gasteiger partial charge < -0.3 is 14.8 Å². The molecule has 0 saturated carbocycles. The molecule has 1 aliphatic heterocycles. The van der Waals surface area contributed by atoms with Gasteiger partial charge >= 0.3 is 0 Å². The first-order chi connectivity index (χ1) is 9.47. The van der Waals surface area contributed by atoms with Crippen LogP contribution in [0.4, 0.5) is 0 Å². The monoisotopic (exact) mass is 277 g/mol. The van der Waals surface area contributed by atoms with Crippen molar-refractivity contribution < 1.29 is 14.3 Å². The van der Waals surface area contributed by atoms with E-state index < -0.39 is 0 Å². The topological polar surface area (TPSA) is 47.6 Å².